The van der Waals surface area contributed by atoms with E-state index in [4.69, 9.17) is 10.00 Å². The van der Waals surface area contributed by atoms with Gasteiger partial charge in [0.15, 0.2) is 6.61 Å². The van der Waals surface area contributed by atoms with E-state index >= 15 is 0 Å². The summed E-state index contributed by atoms with van der Waals surface area (Å²) in [6.07, 6.45) is 0.805. The molecule has 0 aliphatic rings. The van der Waals surface area contributed by atoms with E-state index in [1.807, 2.05) is 13.0 Å². The van der Waals surface area contributed by atoms with Crippen molar-refractivity contribution in [3.63, 3.8) is 0 Å². The quantitative estimate of drug-likeness (QED) is 0.707. The molecule has 0 unspecified atom stereocenters. The second kappa shape index (κ2) is 9.13. The fourth-order valence-corrected chi connectivity index (χ4v) is 1.49. The average molecular weight is 303 g/mol. The first-order chi connectivity index (χ1) is 10.6. The van der Waals surface area contributed by atoms with Crippen LogP contribution in [0.25, 0.3) is 0 Å². The molecule has 2 amide bonds. The molecule has 0 aliphatic heterocycles. The van der Waals surface area contributed by atoms with Gasteiger partial charge >= 0.3 is 5.97 Å². The highest BCUT2D eigenvalue weighted by Gasteiger charge is 2.11. The van der Waals surface area contributed by atoms with Gasteiger partial charge in [0.1, 0.15) is 0 Å². The third-order valence-electron chi connectivity index (χ3n) is 2.58. The maximum atomic E-state index is 11.7. The monoisotopic (exact) mass is 303 g/mol. The van der Waals surface area contributed by atoms with E-state index in [1.54, 1.807) is 12.1 Å². The Labute approximate surface area is 128 Å². The molecule has 1 aromatic carbocycles. The summed E-state index contributed by atoms with van der Waals surface area (Å²) in [5, 5.41) is 13.7. The first-order valence-corrected chi connectivity index (χ1v) is 6.77. The molecule has 22 heavy (non-hydrogen) atoms. The maximum absolute atomic E-state index is 11.7. The summed E-state index contributed by atoms with van der Waals surface area (Å²) in [6.45, 7) is 1.80. The number of hydrogen-bond acceptors (Lipinski definition) is 5. The summed E-state index contributed by atoms with van der Waals surface area (Å²) >= 11 is 0. The number of amides is 2. The zero-order chi connectivity index (χ0) is 16.4. The molecule has 0 spiro atoms. The summed E-state index contributed by atoms with van der Waals surface area (Å²) in [6, 6.07) is 7.87. The molecular weight excluding hydrogens is 286 g/mol. The lowest BCUT2D eigenvalue weighted by atomic mass is 10.1. The van der Waals surface area contributed by atoms with Gasteiger partial charge in [-0.3, -0.25) is 9.59 Å². The molecular formula is C15H17N3O4. The van der Waals surface area contributed by atoms with Crippen molar-refractivity contribution in [1.82, 2.24) is 10.6 Å². The molecule has 1 rings (SSSR count). The number of nitriles is 1. The summed E-state index contributed by atoms with van der Waals surface area (Å²) in [5.74, 6) is -1.58. The fraction of sp³-hybridized carbons (Fsp3) is 0.333. The third-order valence-corrected chi connectivity index (χ3v) is 2.58. The number of carbonyl (C=O) groups excluding carboxylic acids is 3. The molecule has 1 aromatic rings. The molecule has 0 fully saturated rings. The van der Waals surface area contributed by atoms with E-state index in [-0.39, 0.29) is 18.0 Å². The zero-order valence-electron chi connectivity index (χ0n) is 12.2. The largest absolute Gasteiger partial charge is 0.452 e. The smallest absolute Gasteiger partial charge is 0.338 e. The first-order valence-electron chi connectivity index (χ1n) is 6.77. The molecule has 0 heterocycles. The number of benzene rings is 1. The Balaban J connectivity index is 2.36. The number of hydrogen-bond donors (Lipinski definition) is 2. The fourth-order valence-electron chi connectivity index (χ4n) is 1.49. The van der Waals surface area contributed by atoms with Gasteiger partial charge in [0.05, 0.1) is 23.7 Å². The van der Waals surface area contributed by atoms with Crippen LogP contribution in [0.5, 0.6) is 0 Å². The van der Waals surface area contributed by atoms with E-state index in [0.717, 1.165) is 6.42 Å². The number of carbonyl (C=O) groups is 3. The van der Waals surface area contributed by atoms with Crippen LogP contribution in [0.1, 0.15) is 29.3 Å². The van der Waals surface area contributed by atoms with E-state index in [9.17, 15) is 14.4 Å². The summed E-state index contributed by atoms with van der Waals surface area (Å²) < 4.78 is 4.81. The van der Waals surface area contributed by atoms with E-state index in [1.165, 1.54) is 12.1 Å². The molecule has 7 nitrogen and oxygen atoms in total. The first kappa shape index (κ1) is 17.2. The number of esters is 1. The average Bonchev–Trinajstić information content (AvgIpc) is 2.55. The van der Waals surface area contributed by atoms with Gasteiger partial charge in [-0.25, -0.2) is 4.79 Å². The predicted octanol–water partition coefficient (Wildman–Crippen LogP) is 0.357. The zero-order valence-corrected chi connectivity index (χ0v) is 12.2. The molecule has 2 N–H and O–H groups in total. The van der Waals surface area contributed by atoms with Crippen molar-refractivity contribution in [2.24, 2.45) is 0 Å². The summed E-state index contributed by atoms with van der Waals surface area (Å²) in [4.78, 5) is 34.4. The molecule has 116 valence electrons. The Bertz CT molecular complexity index is 593. The van der Waals surface area contributed by atoms with Gasteiger partial charge in [-0.1, -0.05) is 13.0 Å². The molecule has 0 saturated carbocycles. The van der Waals surface area contributed by atoms with Gasteiger partial charge in [0.25, 0.3) is 5.91 Å². The SMILES string of the molecule is CCCNC(=O)CNC(=O)COC(=O)c1cccc(C#N)c1. The molecule has 0 aliphatic carbocycles. The van der Waals surface area contributed by atoms with Crippen LogP contribution in [0.4, 0.5) is 0 Å². The molecule has 0 radical (unpaired) electrons. The van der Waals surface area contributed by atoms with Crippen LogP contribution < -0.4 is 10.6 Å². The van der Waals surface area contributed by atoms with Gasteiger partial charge in [-0.05, 0) is 24.6 Å². The van der Waals surface area contributed by atoms with Crippen LogP contribution in [0.2, 0.25) is 0 Å². The number of nitrogens with zero attached hydrogens (tertiary/aromatic N) is 1. The lowest BCUT2D eigenvalue weighted by Gasteiger charge is -2.07. The second-order valence-electron chi connectivity index (χ2n) is 4.40. The lowest BCUT2D eigenvalue weighted by Crippen LogP contribution is -2.38. The number of rotatable bonds is 7. The van der Waals surface area contributed by atoms with Gasteiger partial charge in [0.2, 0.25) is 5.91 Å². The van der Waals surface area contributed by atoms with Crippen molar-refractivity contribution < 1.29 is 19.1 Å². The Morgan fingerprint density at radius 1 is 1.23 bits per heavy atom. The van der Waals surface area contributed by atoms with Crippen LogP contribution in [0.15, 0.2) is 24.3 Å². The van der Waals surface area contributed by atoms with Gasteiger partial charge < -0.3 is 15.4 Å². The van der Waals surface area contributed by atoms with E-state index < -0.39 is 18.5 Å². The minimum Gasteiger partial charge on any atom is -0.452 e. The predicted molar refractivity (Wildman–Crippen MR) is 77.7 cm³/mol. The maximum Gasteiger partial charge on any atom is 0.338 e. The van der Waals surface area contributed by atoms with E-state index in [2.05, 4.69) is 10.6 Å². The van der Waals surface area contributed by atoms with Crippen molar-refractivity contribution in [2.45, 2.75) is 13.3 Å². The Morgan fingerprint density at radius 3 is 2.68 bits per heavy atom. The van der Waals surface area contributed by atoms with Crippen molar-refractivity contribution in [1.29, 1.82) is 5.26 Å². The highest BCUT2D eigenvalue weighted by atomic mass is 16.5. The summed E-state index contributed by atoms with van der Waals surface area (Å²) in [5.41, 5.74) is 0.513. The minimum atomic E-state index is -0.706. The second-order valence-corrected chi connectivity index (χ2v) is 4.40. The van der Waals surface area contributed by atoms with Gasteiger partial charge in [-0.2, -0.15) is 5.26 Å². The molecule has 7 heteroatoms. The Hall–Kier alpha value is -2.88. The van der Waals surface area contributed by atoms with Crippen molar-refractivity contribution >= 4 is 17.8 Å². The van der Waals surface area contributed by atoms with Crippen LogP contribution >= 0.6 is 0 Å². The van der Waals surface area contributed by atoms with Crippen molar-refractivity contribution in [3.8, 4) is 6.07 Å². The molecule has 0 saturated heterocycles. The lowest BCUT2D eigenvalue weighted by molar-refractivity contribution is -0.127. The van der Waals surface area contributed by atoms with Crippen LogP contribution in [-0.2, 0) is 14.3 Å². The van der Waals surface area contributed by atoms with E-state index in [0.29, 0.717) is 12.1 Å². The summed E-state index contributed by atoms with van der Waals surface area (Å²) in [7, 11) is 0. The normalized spacial score (nSPS) is 9.45. The molecule has 0 aromatic heterocycles. The van der Waals surface area contributed by atoms with Crippen molar-refractivity contribution in [2.75, 3.05) is 19.7 Å². The molecule has 0 bridgehead atoms. The van der Waals surface area contributed by atoms with Crippen LogP contribution in [0, 0.1) is 11.3 Å². The third kappa shape index (κ3) is 6.05. The Kier molecular flexibility index (Phi) is 7.13. The van der Waals surface area contributed by atoms with Gasteiger partial charge in [0, 0.05) is 6.54 Å². The van der Waals surface area contributed by atoms with Crippen LogP contribution in [-0.4, -0.2) is 37.5 Å². The molecule has 0 atom stereocenters. The highest BCUT2D eigenvalue weighted by molar-refractivity contribution is 5.92. The highest BCUT2D eigenvalue weighted by Crippen LogP contribution is 2.05. The van der Waals surface area contributed by atoms with Crippen molar-refractivity contribution in [3.05, 3.63) is 35.4 Å². The minimum absolute atomic E-state index is 0.166. The van der Waals surface area contributed by atoms with Crippen LogP contribution in [0.3, 0.4) is 0 Å². The topological polar surface area (TPSA) is 108 Å². The van der Waals surface area contributed by atoms with Gasteiger partial charge in [-0.15, -0.1) is 0 Å². The number of ether oxygens (including phenoxy) is 1. The number of nitrogens with one attached hydrogen (secondary N) is 2. The standard InChI is InChI=1S/C15H17N3O4/c1-2-6-17-13(19)9-18-14(20)10-22-15(21)12-5-3-4-11(7-12)8-16/h3-5,7H,2,6,9-10H2,1H3,(H,17,19)(H,18,20). The Morgan fingerprint density at radius 2 is 2.00 bits per heavy atom.